The molecule has 78 valence electrons. The maximum absolute atomic E-state index is 11.6. The second kappa shape index (κ2) is 4.09. The van der Waals surface area contributed by atoms with Gasteiger partial charge < -0.3 is 9.47 Å². The lowest BCUT2D eigenvalue weighted by Gasteiger charge is -2.38. The first kappa shape index (κ1) is 9.00. The minimum atomic E-state index is -1.90. The highest BCUT2D eigenvalue weighted by atomic mass is 16.5. The van der Waals surface area contributed by atoms with Gasteiger partial charge in [-0.15, -0.1) is 0 Å². The highest BCUT2D eigenvalue weighted by Gasteiger charge is 2.44. The van der Waals surface area contributed by atoms with Crippen molar-refractivity contribution in [2.75, 3.05) is 20.8 Å². The molecule has 0 saturated heterocycles. The van der Waals surface area contributed by atoms with Crippen LogP contribution < -0.4 is 0 Å². The van der Waals surface area contributed by atoms with Gasteiger partial charge >= 0.3 is 5.97 Å². The van der Waals surface area contributed by atoms with Gasteiger partial charge in [0.05, 0.1) is 21.8 Å². The zero-order valence-electron chi connectivity index (χ0n) is 11.2. The Balaban J connectivity index is 5.27. The summed E-state index contributed by atoms with van der Waals surface area (Å²) in [7, 11) is 2.58. The Kier molecular flexibility index (Phi) is 2.83. The highest BCUT2D eigenvalue weighted by Crippen LogP contribution is 2.39. The lowest BCUT2D eigenvalue weighted by atomic mass is 9.68. The Morgan fingerprint density at radius 2 is 1.77 bits per heavy atom. The van der Waals surface area contributed by atoms with E-state index in [2.05, 4.69) is 4.74 Å². The van der Waals surface area contributed by atoms with E-state index in [1.165, 1.54) is 14.2 Å². The number of hydrogen-bond acceptors (Lipinski definition) is 3. The fraction of sp³-hybridized carbons (Fsp3) is 0.900. The van der Waals surface area contributed by atoms with Crippen molar-refractivity contribution >= 4 is 5.97 Å². The van der Waals surface area contributed by atoms with E-state index in [1.54, 1.807) is 27.7 Å². The second-order valence-corrected chi connectivity index (χ2v) is 4.05. The third kappa shape index (κ3) is 2.44. The zero-order valence-corrected chi connectivity index (χ0v) is 9.22. The summed E-state index contributed by atoms with van der Waals surface area (Å²) in [6.45, 7) is 4.69. The van der Waals surface area contributed by atoms with Crippen molar-refractivity contribution < 1.29 is 17.0 Å². The van der Waals surface area contributed by atoms with E-state index in [0.29, 0.717) is 0 Å². The summed E-state index contributed by atoms with van der Waals surface area (Å²) in [5.74, 6) is -0.451. The molecule has 13 heavy (non-hydrogen) atoms. The summed E-state index contributed by atoms with van der Waals surface area (Å²) in [5.41, 5.74) is -1.97. The van der Waals surface area contributed by atoms with Crippen molar-refractivity contribution in [1.29, 1.82) is 0 Å². The summed E-state index contributed by atoms with van der Waals surface area (Å²) >= 11 is 0. The standard InChI is InChI=1S/C10H20O3/c1-9(2,7-12-5)10(3,4)8(11)13-6/h7H2,1-6H3/i7D2. The van der Waals surface area contributed by atoms with Gasteiger partial charge in [-0.25, -0.2) is 0 Å². The first-order valence-corrected chi connectivity index (χ1v) is 4.18. The van der Waals surface area contributed by atoms with Crippen LogP contribution in [0, 0.1) is 10.8 Å². The highest BCUT2D eigenvalue weighted by molar-refractivity contribution is 5.76. The van der Waals surface area contributed by atoms with E-state index in [1.807, 2.05) is 0 Å². The van der Waals surface area contributed by atoms with E-state index >= 15 is 0 Å². The van der Waals surface area contributed by atoms with Gasteiger partial charge in [0.1, 0.15) is 0 Å². The van der Waals surface area contributed by atoms with E-state index in [-0.39, 0.29) is 0 Å². The predicted octanol–water partition coefficient (Wildman–Crippen LogP) is 1.86. The number of hydrogen-bond donors (Lipinski definition) is 0. The van der Waals surface area contributed by atoms with Crippen LogP contribution in [0.4, 0.5) is 0 Å². The Labute approximate surface area is 83.2 Å². The molecule has 3 nitrogen and oxygen atoms in total. The molecule has 0 fully saturated rings. The van der Waals surface area contributed by atoms with Crippen molar-refractivity contribution in [3.05, 3.63) is 0 Å². The van der Waals surface area contributed by atoms with Gasteiger partial charge in [-0.05, 0) is 13.8 Å². The number of ether oxygens (including phenoxy) is 2. The lowest BCUT2D eigenvalue weighted by molar-refractivity contribution is -0.160. The van der Waals surface area contributed by atoms with Crippen LogP contribution >= 0.6 is 0 Å². The first-order chi connectivity index (χ1) is 6.54. The summed E-state index contributed by atoms with van der Waals surface area (Å²) < 4.78 is 25.0. The first-order valence-electron chi connectivity index (χ1n) is 5.18. The number of carbonyl (C=O) groups excluding carboxylic acids is 1. The van der Waals surface area contributed by atoms with E-state index in [4.69, 9.17) is 7.48 Å². The summed E-state index contributed by atoms with van der Waals surface area (Å²) in [5, 5.41) is 0. The summed E-state index contributed by atoms with van der Waals surface area (Å²) in [6.07, 6.45) is 0. The molecule has 0 aromatic rings. The Morgan fingerprint density at radius 3 is 2.08 bits per heavy atom. The Morgan fingerprint density at radius 1 is 1.31 bits per heavy atom. The van der Waals surface area contributed by atoms with Crippen LogP contribution in [0.15, 0.2) is 0 Å². The van der Waals surface area contributed by atoms with Crippen LogP contribution in [0.3, 0.4) is 0 Å². The Bertz CT molecular complexity index is 247. The minimum absolute atomic E-state index is 0.451. The second-order valence-electron chi connectivity index (χ2n) is 4.05. The topological polar surface area (TPSA) is 35.5 Å². The van der Waals surface area contributed by atoms with Crippen molar-refractivity contribution in [2.24, 2.45) is 10.8 Å². The maximum atomic E-state index is 11.6. The molecule has 0 aromatic carbocycles. The molecule has 0 bridgehead atoms. The predicted molar refractivity (Wildman–Crippen MR) is 51.5 cm³/mol. The molecule has 0 spiro atoms. The number of methoxy groups -OCH3 is 2. The number of esters is 1. The third-order valence-electron chi connectivity index (χ3n) is 2.62. The summed E-state index contributed by atoms with van der Waals surface area (Å²) in [6, 6.07) is 0. The normalized spacial score (nSPS) is 16.2. The van der Waals surface area contributed by atoms with E-state index in [0.717, 1.165) is 0 Å². The fourth-order valence-electron chi connectivity index (χ4n) is 0.893. The molecule has 0 atom stereocenters. The van der Waals surface area contributed by atoms with Crippen LogP contribution in [0.5, 0.6) is 0 Å². The van der Waals surface area contributed by atoms with Crippen molar-refractivity contribution in [2.45, 2.75) is 27.7 Å². The zero-order chi connectivity index (χ0) is 12.5. The molecule has 0 heterocycles. The van der Waals surface area contributed by atoms with Gasteiger partial charge in [-0.2, -0.15) is 0 Å². The monoisotopic (exact) mass is 190 g/mol. The van der Waals surface area contributed by atoms with Gasteiger partial charge in [0.2, 0.25) is 0 Å². The van der Waals surface area contributed by atoms with Crippen molar-refractivity contribution in [3.8, 4) is 0 Å². The fourth-order valence-corrected chi connectivity index (χ4v) is 0.893. The van der Waals surface area contributed by atoms with Gasteiger partial charge in [0, 0.05) is 12.5 Å². The lowest BCUT2D eigenvalue weighted by Crippen LogP contribution is -2.43. The molecule has 0 rings (SSSR count). The molecular formula is C10H20O3. The molecule has 0 aromatic heterocycles. The van der Waals surface area contributed by atoms with Crippen molar-refractivity contribution in [1.82, 2.24) is 0 Å². The largest absolute Gasteiger partial charge is 0.469 e. The van der Waals surface area contributed by atoms with Crippen LogP contribution in [0.2, 0.25) is 0 Å². The molecule has 3 heteroatoms. The molecule has 0 aliphatic carbocycles. The maximum Gasteiger partial charge on any atom is 0.311 e. The summed E-state index contributed by atoms with van der Waals surface area (Å²) in [4.78, 5) is 11.6. The molecule has 0 unspecified atom stereocenters. The van der Waals surface area contributed by atoms with Gasteiger partial charge in [0.15, 0.2) is 0 Å². The molecule has 0 aliphatic rings. The SMILES string of the molecule is [2H]C([2H])(OC)C(C)(C)C(C)(C)C(=O)OC. The Hall–Kier alpha value is -0.570. The average molecular weight is 190 g/mol. The molecule has 0 amide bonds. The van der Waals surface area contributed by atoms with Crippen LogP contribution in [0.25, 0.3) is 0 Å². The molecule has 0 radical (unpaired) electrons. The minimum Gasteiger partial charge on any atom is -0.469 e. The smallest absolute Gasteiger partial charge is 0.311 e. The van der Waals surface area contributed by atoms with Gasteiger partial charge in [-0.1, -0.05) is 13.8 Å². The molecular weight excluding hydrogens is 168 g/mol. The average Bonchev–Trinajstić information content (AvgIpc) is 2.15. The van der Waals surface area contributed by atoms with Gasteiger partial charge in [0.25, 0.3) is 0 Å². The van der Waals surface area contributed by atoms with Gasteiger partial charge in [-0.3, -0.25) is 4.79 Å². The molecule has 0 N–H and O–H groups in total. The van der Waals surface area contributed by atoms with Crippen molar-refractivity contribution in [3.63, 3.8) is 0 Å². The quantitative estimate of drug-likeness (QED) is 0.635. The molecule has 0 saturated carbocycles. The molecule has 0 aliphatic heterocycles. The van der Waals surface area contributed by atoms with E-state index < -0.39 is 23.4 Å². The third-order valence-corrected chi connectivity index (χ3v) is 2.62. The van der Waals surface area contributed by atoms with Crippen LogP contribution in [-0.4, -0.2) is 26.7 Å². The number of rotatable bonds is 4. The van der Waals surface area contributed by atoms with Crippen LogP contribution in [0.1, 0.15) is 30.4 Å². The van der Waals surface area contributed by atoms with Crippen LogP contribution in [-0.2, 0) is 14.3 Å². The number of carbonyl (C=O) groups is 1. The van der Waals surface area contributed by atoms with E-state index in [9.17, 15) is 4.79 Å².